The second-order valence-electron chi connectivity index (χ2n) is 4.13. The van der Waals surface area contributed by atoms with Gasteiger partial charge < -0.3 is 19.6 Å². The minimum absolute atomic E-state index is 0.00849. The van der Waals surface area contributed by atoms with Crippen LogP contribution in [-0.4, -0.2) is 18.5 Å². The maximum absolute atomic E-state index is 11.7. The molecule has 0 saturated heterocycles. The van der Waals surface area contributed by atoms with Gasteiger partial charge in [0, 0.05) is 0 Å². The van der Waals surface area contributed by atoms with Crippen LogP contribution in [0, 0.1) is 0 Å². The number of hydrogen-bond donors (Lipinski definition) is 1. The SMILES string of the molecule is CCOC(=O)c1ccoc1COc1ccccc1C(N)=O. The lowest BCUT2D eigenvalue weighted by molar-refractivity contribution is 0.0521. The number of carbonyl (C=O) groups excluding carboxylic acids is 2. The number of para-hydroxylation sites is 1. The molecule has 1 aromatic heterocycles. The zero-order valence-corrected chi connectivity index (χ0v) is 11.5. The summed E-state index contributed by atoms with van der Waals surface area (Å²) in [6.07, 6.45) is 1.38. The third-order valence-corrected chi connectivity index (χ3v) is 2.75. The van der Waals surface area contributed by atoms with Gasteiger partial charge in [-0.1, -0.05) is 12.1 Å². The smallest absolute Gasteiger partial charge is 0.341 e. The highest BCUT2D eigenvalue weighted by molar-refractivity contribution is 5.95. The Morgan fingerprint density at radius 3 is 2.67 bits per heavy atom. The van der Waals surface area contributed by atoms with Crippen LogP contribution in [0.3, 0.4) is 0 Å². The van der Waals surface area contributed by atoms with Crippen LogP contribution in [0.15, 0.2) is 41.0 Å². The van der Waals surface area contributed by atoms with Gasteiger partial charge in [-0.05, 0) is 25.1 Å². The molecule has 2 aromatic rings. The quantitative estimate of drug-likeness (QED) is 0.822. The average Bonchev–Trinajstić information content (AvgIpc) is 2.94. The van der Waals surface area contributed by atoms with Gasteiger partial charge in [0.25, 0.3) is 5.91 Å². The molecule has 0 aliphatic rings. The number of amides is 1. The zero-order chi connectivity index (χ0) is 15.2. The second-order valence-corrected chi connectivity index (χ2v) is 4.13. The van der Waals surface area contributed by atoms with E-state index in [2.05, 4.69) is 0 Å². The molecule has 6 heteroatoms. The molecular weight excluding hydrogens is 274 g/mol. The zero-order valence-electron chi connectivity index (χ0n) is 11.5. The number of rotatable bonds is 6. The lowest BCUT2D eigenvalue weighted by Gasteiger charge is -2.09. The molecule has 110 valence electrons. The fraction of sp³-hybridized carbons (Fsp3) is 0.200. The van der Waals surface area contributed by atoms with Crippen molar-refractivity contribution in [3.05, 3.63) is 53.5 Å². The third kappa shape index (κ3) is 3.42. The molecule has 0 saturated carbocycles. The van der Waals surface area contributed by atoms with Crippen LogP contribution < -0.4 is 10.5 Å². The Morgan fingerprint density at radius 2 is 1.95 bits per heavy atom. The Hall–Kier alpha value is -2.76. The highest BCUT2D eigenvalue weighted by Crippen LogP contribution is 2.20. The summed E-state index contributed by atoms with van der Waals surface area (Å²) in [7, 11) is 0. The summed E-state index contributed by atoms with van der Waals surface area (Å²) >= 11 is 0. The van der Waals surface area contributed by atoms with Crippen LogP contribution in [0.25, 0.3) is 0 Å². The molecular formula is C15H15NO5. The summed E-state index contributed by atoms with van der Waals surface area (Å²) in [5.41, 5.74) is 5.83. The van der Waals surface area contributed by atoms with Crippen LogP contribution in [0.4, 0.5) is 0 Å². The van der Waals surface area contributed by atoms with Crippen molar-refractivity contribution in [2.45, 2.75) is 13.5 Å². The van der Waals surface area contributed by atoms with Crippen LogP contribution in [0.5, 0.6) is 5.75 Å². The van der Waals surface area contributed by atoms with E-state index in [4.69, 9.17) is 19.6 Å². The third-order valence-electron chi connectivity index (χ3n) is 2.75. The normalized spacial score (nSPS) is 10.1. The highest BCUT2D eigenvalue weighted by Gasteiger charge is 2.17. The molecule has 1 aromatic carbocycles. The number of primary amides is 1. The first kappa shape index (κ1) is 14.6. The molecule has 0 bridgehead atoms. The number of hydrogen-bond acceptors (Lipinski definition) is 5. The van der Waals surface area contributed by atoms with Gasteiger partial charge in [0.05, 0.1) is 18.4 Å². The van der Waals surface area contributed by atoms with E-state index in [0.717, 1.165) is 0 Å². The molecule has 0 spiro atoms. The van der Waals surface area contributed by atoms with Crippen molar-refractivity contribution >= 4 is 11.9 Å². The average molecular weight is 289 g/mol. The van der Waals surface area contributed by atoms with Crippen molar-refractivity contribution in [2.24, 2.45) is 5.73 Å². The van der Waals surface area contributed by atoms with Gasteiger partial charge in [-0.3, -0.25) is 4.79 Å². The summed E-state index contributed by atoms with van der Waals surface area (Å²) in [6.45, 7) is 1.98. The van der Waals surface area contributed by atoms with Crippen molar-refractivity contribution in [1.82, 2.24) is 0 Å². The number of esters is 1. The van der Waals surface area contributed by atoms with Crippen LogP contribution in [0.1, 0.15) is 33.4 Å². The maximum Gasteiger partial charge on any atom is 0.341 e. The number of furan rings is 1. The summed E-state index contributed by atoms with van der Waals surface area (Å²) in [6, 6.07) is 8.09. The van der Waals surface area contributed by atoms with E-state index in [1.165, 1.54) is 12.3 Å². The maximum atomic E-state index is 11.7. The topological polar surface area (TPSA) is 91.8 Å². The van der Waals surface area contributed by atoms with Gasteiger partial charge in [0.15, 0.2) is 5.76 Å². The van der Waals surface area contributed by atoms with E-state index in [9.17, 15) is 9.59 Å². The molecule has 2 N–H and O–H groups in total. The van der Waals surface area contributed by atoms with Crippen molar-refractivity contribution in [1.29, 1.82) is 0 Å². The molecule has 0 aliphatic carbocycles. The minimum atomic E-state index is -0.587. The minimum Gasteiger partial charge on any atom is -0.485 e. The largest absolute Gasteiger partial charge is 0.485 e. The Labute approximate surface area is 121 Å². The van der Waals surface area contributed by atoms with Crippen LogP contribution in [0.2, 0.25) is 0 Å². The predicted octanol–water partition coefficient (Wildman–Crippen LogP) is 2.13. The van der Waals surface area contributed by atoms with Crippen molar-refractivity contribution in [3.8, 4) is 5.75 Å². The first-order valence-electron chi connectivity index (χ1n) is 6.38. The Bertz CT molecular complexity index is 647. The molecule has 6 nitrogen and oxygen atoms in total. The molecule has 21 heavy (non-hydrogen) atoms. The van der Waals surface area contributed by atoms with Gasteiger partial charge in [0.2, 0.25) is 0 Å². The predicted molar refractivity (Wildman–Crippen MR) is 74.0 cm³/mol. The Kier molecular flexibility index (Phi) is 4.61. The van der Waals surface area contributed by atoms with Crippen molar-refractivity contribution in [3.63, 3.8) is 0 Å². The van der Waals surface area contributed by atoms with E-state index >= 15 is 0 Å². The fourth-order valence-electron chi connectivity index (χ4n) is 1.78. The van der Waals surface area contributed by atoms with E-state index in [0.29, 0.717) is 17.1 Å². The number of ether oxygens (including phenoxy) is 2. The molecule has 0 radical (unpaired) electrons. The molecule has 0 atom stereocenters. The number of benzene rings is 1. The molecule has 1 heterocycles. The lowest BCUT2D eigenvalue weighted by Crippen LogP contribution is -2.13. The number of nitrogens with two attached hydrogens (primary N) is 1. The van der Waals surface area contributed by atoms with Gasteiger partial charge in [0.1, 0.15) is 17.9 Å². The van der Waals surface area contributed by atoms with Crippen molar-refractivity contribution < 1.29 is 23.5 Å². The molecule has 0 unspecified atom stereocenters. The van der Waals surface area contributed by atoms with Gasteiger partial charge in [-0.25, -0.2) is 4.79 Å². The first-order valence-corrected chi connectivity index (χ1v) is 6.38. The molecule has 0 fully saturated rings. The van der Waals surface area contributed by atoms with E-state index in [1.54, 1.807) is 31.2 Å². The summed E-state index contributed by atoms with van der Waals surface area (Å²) in [5.74, 6) is -0.410. The standard InChI is InChI=1S/C15H15NO5/c1-2-19-15(18)11-7-8-20-13(11)9-21-12-6-4-3-5-10(12)14(16)17/h3-8H,2,9H2,1H3,(H2,16,17). The van der Waals surface area contributed by atoms with Gasteiger partial charge in [-0.15, -0.1) is 0 Å². The molecule has 0 aliphatic heterocycles. The number of carbonyl (C=O) groups is 2. The van der Waals surface area contributed by atoms with E-state index in [-0.39, 0.29) is 18.8 Å². The van der Waals surface area contributed by atoms with E-state index in [1.807, 2.05) is 0 Å². The molecule has 1 amide bonds. The summed E-state index contributed by atoms with van der Waals surface area (Å²) in [5, 5.41) is 0. The Balaban J connectivity index is 2.13. The molecule has 2 rings (SSSR count). The van der Waals surface area contributed by atoms with E-state index < -0.39 is 11.9 Å². The van der Waals surface area contributed by atoms with Gasteiger partial charge >= 0.3 is 5.97 Å². The summed E-state index contributed by atoms with van der Waals surface area (Å²) in [4.78, 5) is 23.0. The van der Waals surface area contributed by atoms with Gasteiger partial charge in [-0.2, -0.15) is 0 Å². The second kappa shape index (κ2) is 6.60. The summed E-state index contributed by atoms with van der Waals surface area (Å²) < 4.78 is 15.6. The monoisotopic (exact) mass is 289 g/mol. The van der Waals surface area contributed by atoms with Crippen molar-refractivity contribution in [2.75, 3.05) is 6.61 Å². The van der Waals surface area contributed by atoms with Crippen LogP contribution >= 0.6 is 0 Å². The Morgan fingerprint density at radius 1 is 1.19 bits per heavy atom. The van der Waals surface area contributed by atoms with Crippen LogP contribution in [-0.2, 0) is 11.3 Å². The fourth-order valence-corrected chi connectivity index (χ4v) is 1.78. The first-order chi connectivity index (χ1) is 10.1. The lowest BCUT2D eigenvalue weighted by atomic mass is 10.2. The highest BCUT2D eigenvalue weighted by atomic mass is 16.5.